The highest BCUT2D eigenvalue weighted by molar-refractivity contribution is 9.10. The molecule has 0 spiro atoms. The molecule has 108 valence electrons. The fraction of sp³-hybridized carbons (Fsp3) is 0.333. The zero-order chi connectivity index (χ0) is 14.5. The maximum Gasteiger partial charge on any atom is 0.142 e. The van der Waals surface area contributed by atoms with Gasteiger partial charge >= 0.3 is 0 Å². The summed E-state index contributed by atoms with van der Waals surface area (Å²) in [6.45, 7) is 2.96. The summed E-state index contributed by atoms with van der Waals surface area (Å²) in [7, 11) is 0. The third-order valence-electron chi connectivity index (χ3n) is 3.03. The molecular formula is C15H16BrClFNS. The quantitative estimate of drug-likeness (QED) is 0.693. The van der Waals surface area contributed by atoms with E-state index in [1.54, 1.807) is 17.4 Å². The van der Waals surface area contributed by atoms with Crippen molar-refractivity contribution >= 4 is 38.9 Å². The molecule has 1 atom stereocenters. The van der Waals surface area contributed by atoms with Crippen LogP contribution in [0.5, 0.6) is 0 Å². The lowest BCUT2D eigenvalue weighted by Crippen LogP contribution is -2.24. The number of nitrogens with one attached hydrogen (secondary N) is 1. The molecule has 0 saturated heterocycles. The Labute approximate surface area is 136 Å². The van der Waals surface area contributed by atoms with Gasteiger partial charge in [0.25, 0.3) is 0 Å². The smallest absolute Gasteiger partial charge is 0.142 e. The van der Waals surface area contributed by atoms with Crippen LogP contribution < -0.4 is 5.32 Å². The molecule has 1 aromatic carbocycles. The molecule has 0 fully saturated rings. The van der Waals surface area contributed by atoms with E-state index in [1.807, 2.05) is 24.3 Å². The summed E-state index contributed by atoms with van der Waals surface area (Å²) < 4.78 is 15.5. The first-order valence-electron chi connectivity index (χ1n) is 6.53. The van der Waals surface area contributed by atoms with Gasteiger partial charge in [-0.3, -0.25) is 0 Å². The van der Waals surface area contributed by atoms with Gasteiger partial charge in [-0.2, -0.15) is 0 Å². The minimum Gasteiger partial charge on any atom is -0.310 e. The SMILES string of the molecule is CCCNC(Cc1ccc(Cl)s1)c1cccc(Br)c1F. The summed E-state index contributed by atoms with van der Waals surface area (Å²) in [6.07, 6.45) is 1.75. The lowest BCUT2D eigenvalue weighted by molar-refractivity contribution is 0.497. The molecule has 20 heavy (non-hydrogen) atoms. The fourth-order valence-corrected chi connectivity index (χ4v) is 3.58. The third kappa shape index (κ3) is 4.04. The average Bonchev–Trinajstić information content (AvgIpc) is 2.83. The van der Waals surface area contributed by atoms with E-state index in [4.69, 9.17) is 11.6 Å². The summed E-state index contributed by atoms with van der Waals surface area (Å²) in [4.78, 5) is 1.16. The lowest BCUT2D eigenvalue weighted by atomic mass is 10.0. The van der Waals surface area contributed by atoms with Crippen LogP contribution in [-0.4, -0.2) is 6.54 Å². The van der Waals surface area contributed by atoms with Crippen LogP contribution in [0.1, 0.15) is 29.8 Å². The van der Waals surface area contributed by atoms with Crippen molar-refractivity contribution in [1.82, 2.24) is 5.32 Å². The Bertz CT molecular complexity index is 573. The van der Waals surface area contributed by atoms with Crippen LogP contribution in [0, 0.1) is 5.82 Å². The van der Waals surface area contributed by atoms with Crippen molar-refractivity contribution in [2.75, 3.05) is 6.54 Å². The highest BCUT2D eigenvalue weighted by atomic mass is 79.9. The van der Waals surface area contributed by atoms with Crippen LogP contribution in [0.2, 0.25) is 4.34 Å². The number of rotatable bonds is 6. The van der Waals surface area contributed by atoms with Crippen LogP contribution >= 0.6 is 38.9 Å². The average molecular weight is 377 g/mol. The molecule has 0 aliphatic rings. The first-order chi connectivity index (χ1) is 9.61. The van der Waals surface area contributed by atoms with E-state index in [1.165, 1.54) is 0 Å². The number of thiophene rings is 1. The van der Waals surface area contributed by atoms with Gasteiger partial charge in [0.1, 0.15) is 5.82 Å². The second-order valence-electron chi connectivity index (χ2n) is 4.56. The summed E-state index contributed by atoms with van der Waals surface area (Å²) >= 11 is 10.8. The van der Waals surface area contributed by atoms with Crippen molar-refractivity contribution in [3.63, 3.8) is 0 Å². The van der Waals surface area contributed by atoms with Crippen molar-refractivity contribution in [3.8, 4) is 0 Å². The minimum absolute atomic E-state index is 0.0397. The molecule has 1 nitrogen and oxygen atoms in total. The Kier molecular flexibility index (Phi) is 6.02. The van der Waals surface area contributed by atoms with Gasteiger partial charge in [-0.25, -0.2) is 4.39 Å². The largest absolute Gasteiger partial charge is 0.310 e. The van der Waals surface area contributed by atoms with Gasteiger partial charge in [-0.15, -0.1) is 11.3 Å². The zero-order valence-electron chi connectivity index (χ0n) is 11.1. The first kappa shape index (κ1) is 16.0. The molecule has 0 saturated carbocycles. The molecular weight excluding hydrogens is 361 g/mol. The van der Waals surface area contributed by atoms with E-state index in [9.17, 15) is 4.39 Å². The third-order valence-corrected chi connectivity index (χ3v) is 4.90. The van der Waals surface area contributed by atoms with Gasteiger partial charge in [0.05, 0.1) is 8.81 Å². The van der Waals surface area contributed by atoms with E-state index in [0.29, 0.717) is 10.0 Å². The summed E-state index contributed by atoms with van der Waals surface area (Å²) in [5.74, 6) is -0.191. The van der Waals surface area contributed by atoms with Crippen LogP contribution in [0.4, 0.5) is 4.39 Å². The van der Waals surface area contributed by atoms with Crippen molar-refractivity contribution in [2.45, 2.75) is 25.8 Å². The molecule has 0 aliphatic heterocycles. The molecule has 2 rings (SSSR count). The predicted molar refractivity (Wildman–Crippen MR) is 88.2 cm³/mol. The van der Waals surface area contributed by atoms with E-state index in [-0.39, 0.29) is 11.9 Å². The Morgan fingerprint density at radius 2 is 2.15 bits per heavy atom. The number of halogens is 3. The van der Waals surface area contributed by atoms with Gasteiger partial charge in [0.2, 0.25) is 0 Å². The summed E-state index contributed by atoms with van der Waals surface area (Å²) in [5, 5.41) is 3.41. The van der Waals surface area contributed by atoms with Gasteiger partial charge in [0.15, 0.2) is 0 Å². The second kappa shape index (κ2) is 7.55. The van der Waals surface area contributed by atoms with Gasteiger partial charge in [0, 0.05) is 22.9 Å². The Balaban J connectivity index is 2.24. The maximum atomic E-state index is 14.3. The summed E-state index contributed by atoms with van der Waals surface area (Å²) in [6, 6.07) is 9.27. The molecule has 1 unspecified atom stereocenters. The molecule has 2 aromatic rings. The van der Waals surface area contributed by atoms with Gasteiger partial charge in [-0.1, -0.05) is 30.7 Å². The number of benzene rings is 1. The Morgan fingerprint density at radius 1 is 1.35 bits per heavy atom. The normalized spacial score (nSPS) is 12.6. The topological polar surface area (TPSA) is 12.0 Å². The van der Waals surface area contributed by atoms with Crippen LogP contribution in [0.3, 0.4) is 0 Å². The highest BCUT2D eigenvalue weighted by Crippen LogP contribution is 2.29. The predicted octanol–water partition coefficient (Wildman–Crippen LogP) is 5.59. The molecule has 0 aliphatic carbocycles. The molecule has 0 bridgehead atoms. The van der Waals surface area contributed by atoms with Gasteiger partial charge in [-0.05, 0) is 47.1 Å². The molecule has 5 heteroatoms. The van der Waals surface area contributed by atoms with Crippen molar-refractivity contribution in [1.29, 1.82) is 0 Å². The molecule has 1 aromatic heterocycles. The molecule has 0 amide bonds. The lowest BCUT2D eigenvalue weighted by Gasteiger charge is -2.19. The standard InChI is InChI=1S/C15H16BrClFNS/c1-2-8-19-13(9-10-6-7-14(17)20-10)11-4-3-5-12(16)15(11)18/h3-7,13,19H,2,8-9H2,1H3. The molecule has 0 radical (unpaired) electrons. The van der Waals surface area contributed by atoms with E-state index >= 15 is 0 Å². The van der Waals surface area contributed by atoms with E-state index in [2.05, 4.69) is 28.2 Å². The Morgan fingerprint density at radius 3 is 2.80 bits per heavy atom. The molecule has 1 N–H and O–H groups in total. The summed E-state index contributed by atoms with van der Waals surface area (Å²) in [5.41, 5.74) is 0.692. The highest BCUT2D eigenvalue weighted by Gasteiger charge is 2.18. The van der Waals surface area contributed by atoms with Crippen molar-refractivity contribution in [3.05, 3.63) is 55.4 Å². The van der Waals surface area contributed by atoms with Gasteiger partial charge < -0.3 is 5.32 Å². The van der Waals surface area contributed by atoms with Crippen molar-refractivity contribution in [2.24, 2.45) is 0 Å². The minimum atomic E-state index is -0.191. The van der Waals surface area contributed by atoms with Crippen LogP contribution in [-0.2, 0) is 6.42 Å². The number of hydrogen-bond donors (Lipinski definition) is 1. The number of hydrogen-bond acceptors (Lipinski definition) is 2. The fourth-order valence-electron chi connectivity index (χ4n) is 2.06. The van der Waals surface area contributed by atoms with Crippen LogP contribution in [0.25, 0.3) is 0 Å². The monoisotopic (exact) mass is 375 g/mol. The Hall–Kier alpha value is -0.420. The van der Waals surface area contributed by atoms with E-state index < -0.39 is 0 Å². The zero-order valence-corrected chi connectivity index (χ0v) is 14.3. The molecule has 1 heterocycles. The van der Waals surface area contributed by atoms with Crippen molar-refractivity contribution < 1.29 is 4.39 Å². The van der Waals surface area contributed by atoms with Crippen LogP contribution in [0.15, 0.2) is 34.8 Å². The van der Waals surface area contributed by atoms with E-state index in [0.717, 1.165) is 28.6 Å². The second-order valence-corrected chi connectivity index (χ2v) is 7.21. The first-order valence-corrected chi connectivity index (χ1v) is 8.52. The maximum absolute atomic E-state index is 14.3.